The van der Waals surface area contributed by atoms with E-state index < -0.39 is 12.0 Å². The van der Waals surface area contributed by atoms with Crippen LogP contribution in [-0.4, -0.2) is 15.9 Å². The summed E-state index contributed by atoms with van der Waals surface area (Å²) in [6.07, 6.45) is 3.13. The first-order valence-corrected chi connectivity index (χ1v) is 10.3. The lowest BCUT2D eigenvalue weighted by Gasteiger charge is -2.65. The van der Waals surface area contributed by atoms with Crippen LogP contribution in [0.3, 0.4) is 0 Å². The van der Waals surface area contributed by atoms with Gasteiger partial charge in [-0.1, -0.05) is 13.8 Å². The fourth-order valence-corrected chi connectivity index (χ4v) is 7.65. The number of aromatic amines is 1. The molecule has 0 unspecified atom stereocenters. The Hall–Kier alpha value is -2.05. The number of anilines is 1. The van der Waals surface area contributed by atoms with Crippen LogP contribution in [0.15, 0.2) is 18.2 Å². The van der Waals surface area contributed by atoms with Crippen LogP contribution >= 0.6 is 0 Å². The lowest BCUT2D eigenvalue weighted by atomic mass is 9.40. The largest absolute Gasteiger partial charge is 0.449 e. The Kier molecular flexibility index (Phi) is 3.76. The Morgan fingerprint density at radius 1 is 1.17 bits per heavy atom. The second-order valence-electron chi connectivity index (χ2n) is 10.7. The fourth-order valence-electron chi connectivity index (χ4n) is 7.65. The molecule has 1 aromatic carbocycles. The van der Waals surface area contributed by atoms with Crippen molar-refractivity contribution in [1.82, 2.24) is 9.97 Å². The first-order valence-electron chi connectivity index (χ1n) is 10.3. The number of fused-ring (bicyclic) bond motifs is 1. The van der Waals surface area contributed by atoms with E-state index in [4.69, 9.17) is 0 Å². The van der Waals surface area contributed by atoms with E-state index in [2.05, 4.69) is 29.1 Å². The van der Waals surface area contributed by atoms with Crippen LogP contribution in [-0.2, 0) is 11.0 Å². The Balaban J connectivity index is 1.33. The quantitative estimate of drug-likeness (QED) is 0.667. The molecule has 4 bridgehead atoms. The van der Waals surface area contributed by atoms with E-state index >= 15 is 0 Å². The van der Waals surface area contributed by atoms with Crippen LogP contribution in [0.2, 0.25) is 0 Å². The van der Waals surface area contributed by atoms with Gasteiger partial charge >= 0.3 is 6.18 Å². The van der Waals surface area contributed by atoms with Crippen molar-refractivity contribution >= 4 is 22.6 Å². The van der Waals surface area contributed by atoms with Gasteiger partial charge < -0.3 is 10.3 Å². The molecule has 2 atom stereocenters. The number of nitrogens with one attached hydrogen (secondary N) is 2. The van der Waals surface area contributed by atoms with Crippen LogP contribution in [0.4, 0.5) is 18.9 Å². The predicted molar refractivity (Wildman–Crippen MR) is 104 cm³/mol. The molecule has 4 fully saturated rings. The van der Waals surface area contributed by atoms with Gasteiger partial charge in [-0.3, -0.25) is 4.79 Å². The van der Waals surface area contributed by atoms with Crippen molar-refractivity contribution in [3.63, 3.8) is 0 Å². The van der Waals surface area contributed by atoms with Gasteiger partial charge in [-0.2, -0.15) is 13.2 Å². The molecule has 0 aliphatic heterocycles. The van der Waals surface area contributed by atoms with Gasteiger partial charge in [-0.25, -0.2) is 4.98 Å². The average molecular weight is 405 g/mol. The van der Waals surface area contributed by atoms with Gasteiger partial charge in [0.25, 0.3) is 0 Å². The summed E-state index contributed by atoms with van der Waals surface area (Å²) >= 11 is 0. The maximum absolute atomic E-state index is 12.9. The third-order valence-electron chi connectivity index (χ3n) is 7.31. The number of benzene rings is 1. The van der Waals surface area contributed by atoms with Crippen molar-refractivity contribution in [2.75, 3.05) is 5.32 Å². The van der Waals surface area contributed by atoms with Crippen LogP contribution in [0, 0.1) is 22.2 Å². The summed E-state index contributed by atoms with van der Waals surface area (Å²) in [6.45, 7) is 4.76. The highest BCUT2D eigenvalue weighted by molar-refractivity contribution is 5.93. The highest BCUT2D eigenvalue weighted by Gasteiger charge is 2.60. The number of halogens is 3. The number of rotatable bonds is 3. The maximum Gasteiger partial charge on any atom is 0.449 e. The normalized spacial score (nSPS) is 36.0. The minimum Gasteiger partial charge on any atom is -0.334 e. The van der Waals surface area contributed by atoms with Crippen molar-refractivity contribution < 1.29 is 18.0 Å². The molecule has 0 radical (unpaired) electrons. The molecule has 1 aromatic heterocycles. The molecule has 4 saturated carbocycles. The van der Waals surface area contributed by atoms with Crippen molar-refractivity contribution in [1.29, 1.82) is 0 Å². The Bertz CT molecular complexity index is 977. The van der Waals surface area contributed by atoms with Gasteiger partial charge in [0, 0.05) is 12.1 Å². The maximum atomic E-state index is 12.9. The topological polar surface area (TPSA) is 57.8 Å². The average Bonchev–Trinajstić information content (AvgIpc) is 2.94. The number of hydrogen-bond donors (Lipinski definition) is 2. The molecule has 4 aliphatic carbocycles. The van der Waals surface area contributed by atoms with E-state index in [0.717, 1.165) is 25.2 Å². The van der Waals surface area contributed by atoms with Crippen molar-refractivity contribution in [3.05, 3.63) is 24.0 Å². The summed E-state index contributed by atoms with van der Waals surface area (Å²) < 4.78 is 38.5. The number of amides is 1. The molecule has 29 heavy (non-hydrogen) atoms. The monoisotopic (exact) mass is 405 g/mol. The molecule has 4 aliphatic rings. The summed E-state index contributed by atoms with van der Waals surface area (Å²) in [5.41, 5.74) is 1.76. The zero-order valence-electron chi connectivity index (χ0n) is 16.7. The number of nitrogens with zero attached hydrogens (tertiary/aromatic N) is 1. The first kappa shape index (κ1) is 18.9. The van der Waals surface area contributed by atoms with Gasteiger partial charge in [0.05, 0.1) is 11.0 Å². The van der Waals surface area contributed by atoms with E-state index in [0.29, 0.717) is 22.9 Å². The zero-order chi connectivity index (χ0) is 20.7. The molecule has 0 spiro atoms. The molecule has 1 amide bonds. The number of carbonyl (C=O) groups is 1. The Morgan fingerprint density at radius 3 is 2.48 bits per heavy atom. The SMILES string of the molecule is C[C@@]12CC3CC(CC(=O)Nc4ccc5nc(C(F)(F)F)[nH]c5c4)(C1)C[C@@](C)(C3)C2. The van der Waals surface area contributed by atoms with Gasteiger partial charge in [0.15, 0.2) is 0 Å². The number of H-pyrrole nitrogens is 1. The highest BCUT2D eigenvalue weighted by Crippen LogP contribution is 2.70. The number of aromatic nitrogens is 2. The van der Waals surface area contributed by atoms with Gasteiger partial charge in [-0.05, 0) is 78.9 Å². The third-order valence-corrected chi connectivity index (χ3v) is 7.31. The summed E-state index contributed by atoms with van der Waals surface area (Å²) in [6, 6.07) is 4.64. The molecular weight excluding hydrogens is 379 g/mol. The molecule has 7 heteroatoms. The highest BCUT2D eigenvalue weighted by atomic mass is 19.4. The van der Waals surface area contributed by atoms with E-state index in [9.17, 15) is 18.0 Å². The predicted octanol–water partition coefficient (Wildman–Crippen LogP) is 5.91. The van der Waals surface area contributed by atoms with E-state index in [1.165, 1.54) is 31.4 Å². The number of alkyl halides is 3. The molecule has 156 valence electrons. The van der Waals surface area contributed by atoms with E-state index in [-0.39, 0.29) is 22.4 Å². The second-order valence-corrected chi connectivity index (χ2v) is 10.7. The van der Waals surface area contributed by atoms with Crippen molar-refractivity contribution in [2.24, 2.45) is 22.2 Å². The van der Waals surface area contributed by atoms with Crippen LogP contribution in [0.5, 0.6) is 0 Å². The van der Waals surface area contributed by atoms with Crippen molar-refractivity contribution in [2.45, 2.75) is 65.0 Å². The van der Waals surface area contributed by atoms with Gasteiger partial charge in [-0.15, -0.1) is 0 Å². The summed E-state index contributed by atoms with van der Waals surface area (Å²) in [7, 11) is 0. The molecule has 0 saturated heterocycles. The molecule has 6 rings (SSSR count). The van der Waals surface area contributed by atoms with Crippen molar-refractivity contribution in [3.8, 4) is 0 Å². The first-order chi connectivity index (χ1) is 13.5. The number of imidazole rings is 1. The smallest absolute Gasteiger partial charge is 0.334 e. The Labute approximate surface area is 167 Å². The van der Waals surface area contributed by atoms with E-state index in [1.807, 2.05) is 0 Å². The lowest BCUT2D eigenvalue weighted by Crippen LogP contribution is -2.55. The second kappa shape index (κ2) is 5.76. The minimum atomic E-state index is -4.52. The van der Waals surface area contributed by atoms with E-state index in [1.54, 1.807) is 6.07 Å². The molecule has 2 N–H and O–H groups in total. The van der Waals surface area contributed by atoms with Crippen LogP contribution in [0.1, 0.15) is 64.6 Å². The summed E-state index contributed by atoms with van der Waals surface area (Å²) in [5.74, 6) is -0.351. The standard InChI is InChI=1S/C22H26F3N3O/c1-19-6-13-7-20(2,10-19)12-21(8-13,11-19)9-17(29)26-14-3-4-15-16(5-14)28-18(27-15)22(23,24)25/h3-5,13H,6-12H2,1-2H3,(H,26,29)(H,27,28)/t13?,19-,20-,21?/m0/s1. The lowest BCUT2D eigenvalue weighted by molar-refractivity contribution is -0.153. The fraction of sp³-hybridized carbons (Fsp3) is 0.636. The third kappa shape index (κ3) is 3.32. The molecule has 1 heterocycles. The number of carbonyl (C=O) groups excluding carboxylic acids is 1. The summed E-state index contributed by atoms with van der Waals surface area (Å²) in [5, 5.41) is 2.91. The Morgan fingerprint density at radius 2 is 1.86 bits per heavy atom. The van der Waals surface area contributed by atoms with Gasteiger partial charge in [0.2, 0.25) is 11.7 Å². The van der Waals surface area contributed by atoms with Crippen LogP contribution < -0.4 is 5.32 Å². The molecule has 2 aromatic rings. The summed E-state index contributed by atoms with van der Waals surface area (Å²) in [4.78, 5) is 18.8. The minimum absolute atomic E-state index is 0.0472. The zero-order valence-corrected chi connectivity index (χ0v) is 16.7. The molecule has 4 nitrogen and oxygen atoms in total. The molecular formula is C22H26F3N3O. The van der Waals surface area contributed by atoms with Crippen LogP contribution in [0.25, 0.3) is 11.0 Å². The number of hydrogen-bond acceptors (Lipinski definition) is 2. The van der Waals surface area contributed by atoms with Gasteiger partial charge in [0.1, 0.15) is 0 Å².